The second-order valence-electron chi connectivity index (χ2n) is 5.31. The first-order valence-corrected chi connectivity index (χ1v) is 6.18. The van der Waals surface area contributed by atoms with Crippen molar-refractivity contribution in [2.75, 3.05) is 33.4 Å². The Morgan fingerprint density at radius 3 is 2.83 bits per heavy atom. The van der Waals surface area contributed by atoms with Gasteiger partial charge in [-0.15, -0.1) is 0 Å². The van der Waals surface area contributed by atoms with Gasteiger partial charge in [-0.3, -0.25) is 9.59 Å². The number of nitrogens with zero attached hydrogens (tertiary/aromatic N) is 1. The molecule has 0 aromatic carbocycles. The zero-order valence-corrected chi connectivity index (χ0v) is 11.4. The number of ether oxygens (including phenoxy) is 1. The molecule has 0 aromatic heterocycles. The number of carbonyl (C=O) groups is 2. The molecular weight excluding hydrogens is 234 g/mol. The van der Waals surface area contributed by atoms with Gasteiger partial charge in [0.2, 0.25) is 11.8 Å². The smallest absolute Gasteiger partial charge is 0.225 e. The summed E-state index contributed by atoms with van der Waals surface area (Å²) in [4.78, 5) is 25.4. The van der Waals surface area contributed by atoms with Crippen LogP contribution < -0.4 is 11.1 Å². The molecule has 1 rings (SSSR count). The fourth-order valence-electron chi connectivity index (χ4n) is 1.85. The number of nitrogens with two attached hydrogens (primary N) is 1. The Morgan fingerprint density at radius 2 is 2.28 bits per heavy atom. The predicted octanol–water partition coefficient (Wildman–Crippen LogP) is -0.665. The van der Waals surface area contributed by atoms with Gasteiger partial charge in [0.1, 0.15) is 0 Å². The van der Waals surface area contributed by atoms with Crippen LogP contribution in [0.25, 0.3) is 0 Å². The van der Waals surface area contributed by atoms with Crippen LogP contribution >= 0.6 is 0 Å². The Labute approximate surface area is 108 Å². The maximum atomic E-state index is 12.0. The minimum atomic E-state index is -0.430. The van der Waals surface area contributed by atoms with E-state index >= 15 is 0 Å². The van der Waals surface area contributed by atoms with Crippen LogP contribution in [0, 0.1) is 5.92 Å². The lowest BCUT2D eigenvalue weighted by Crippen LogP contribution is -2.51. The van der Waals surface area contributed by atoms with E-state index in [1.54, 1.807) is 12.0 Å². The Balaban J connectivity index is 2.49. The molecule has 104 valence electrons. The SMILES string of the molecule is COCCN1CC(C(=O)NC(C)(C)CN)CC1=O. The normalized spacial score (nSPS) is 20.3. The van der Waals surface area contributed by atoms with Crippen LogP contribution in [0.5, 0.6) is 0 Å². The topological polar surface area (TPSA) is 84.7 Å². The zero-order chi connectivity index (χ0) is 13.8. The van der Waals surface area contributed by atoms with E-state index < -0.39 is 5.54 Å². The summed E-state index contributed by atoms with van der Waals surface area (Å²) >= 11 is 0. The maximum absolute atomic E-state index is 12.0. The number of methoxy groups -OCH3 is 1. The second kappa shape index (κ2) is 6.15. The van der Waals surface area contributed by atoms with Crippen molar-refractivity contribution in [2.24, 2.45) is 11.7 Å². The quantitative estimate of drug-likeness (QED) is 0.661. The largest absolute Gasteiger partial charge is 0.383 e. The number of rotatable bonds is 6. The summed E-state index contributed by atoms with van der Waals surface area (Å²) in [6.07, 6.45) is 0.274. The lowest BCUT2D eigenvalue weighted by atomic mass is 10.0. The summed E-state index contributed by atoms with van der Waals surface area (Å²) in [6, 6.07) is 0. The lowest BCUT2D eigenvalue weighted by Gasteiger charge is -2.26. The van der Waals surface area contributed by atoms with Crippen LogP contribution in [-0.2, 0) is 14.3 Å². The third-order valence-electron chi connectivity index (χ3n) is 3.12. The van der Waals surface area contributed by atoms with Crippen LogP contribution in [-0.4, -0.2) is 55.6 Å². The molecule has 3 N–H and O–H groups in total. The first-order chi connectivity index (χ1) is 8.39. The van der Waals surface area contributed by atoms with Gasteiger partial charge in [-0.05, 0) is 13.8 Å². The highest BCUT2D eigenvalue weighted by Gasteiger charge is 2.35. The standard InChI is InChI=1S/C12H23N3O3/c1-12(2,8-13)14-11(17)9-6-10(16)15(7-9)4-5-18-3/h9H,4-8,13H2,1-3H3,(H,14,17). The van der Waals surface area contributed by atoms with Crippen LogP contribution in [0.1, 0.15) is 20.3 Å². The fourth-order valence-corrected chi connectivity index (χ4v) is 1.85. The first kappa shape index (κ1) is 14.9. The molecule has 0 spiro atoms. The summed E-state index contributed by atoms with van der Waals surface area (Å²) in [5.74, 6) is -0.364. The van der Waals surface area contributed by atoms with E-state index in [0.717, 1.165) is 0 Å². The van der Waals surface area contributed by atoms with Gasteiger partial charge in [-0.1, -0.05) is 0 Å². The number of amides is 2. The number of hydrogen-bond acceptors (Lipinski definition) is 4. The molecule has 1 unspecified atom stereocenters. The Morgan fingerprint density at radius 1 is 1.61 bits per heavy atom. The highest BCUT2D eigenvalue weighted by atomic mass is 16.5. The monoisotopic (exact) mass is 257 g/mol. The van der Waals surface area contributed by atoms with Crippen LogP contribution in [0.2, 0.25) is 0 Å². The first-order valence-electron chi connectivity index (χ1n) is 6.18. The Hall–Kier alpha value is -1.14. The van der Waals surface area contributed by atoms with Gasteiger partial charge in [0.25, 0.3) is 0 Å². The minimum Gasteiger partial charge on any atom is -0.383 e. The molecule has 0 aromatic rings. The van der Waals surface area contributed by atoms with Gasteiger partial charge in [-0.2, -0.15) is 0 Å². The molecule has 0 aliphatic carbocycles. The van der Waals surface area contributed by atoms with E-state index in [-0.39, 0.29) is 24.2 Å². The highest BCUT2D eigenvalue weighted by molar-refractivity contribution is 5.89. The number of hydrogen-bond donors (Lipinski definition) is 2. The molecule has 1 heterocycles. The molecular formula is C12H23N3O3. The molecule has 1 aliphatic heterocycles. The number of likely N-dealkylation sites (tertiary alicyclic amines) is 1. The summed E-state index contributed by atoms with van der Waals surface area (Å²) < 4.78 is 4.93. The molecule has 2 amide bonds. The van der Waals surface area contributed by atoms with Crippen molar-refractivity contribution >= 4 is 11.8 Å². The lowest BCUT2D eigenvalue weighted by molar-refractivity contribution is -0.129. The van der Waals surface area contributed by atoms with Gasteiger partial charge in [0, 0.05) is 38.7 Å². The maximum Gasteiger partial charge on any atom is 0.225 e. The van der Waals surface area contributed by atoms with Gasteiger partial charge in [0.15, 0.2) is 0 Å². The van der Waals surface area contributed by atoms with Gasteiger partial charge in [-0.25, -0.2) is 0 Å². The van der Waals surface area contributed by atoms with Crippen molar-refractivity contribution in [3.05, 3.63) is 0 Å². The second-order valence-corrected chi connectivity index (χ2v) is 5.31. The van der Waals surface area contributed by atoms with Gasteiger partial charge >= 0.3 is 0 Å². The van der Waals surface area contributed by atoms with Crippen molar-refractivity contribution in [1.82, 2.24) is 10.2 Å². The molecule has 1 atom stereocenters. The molecule has 1 aliphatic rings. The van der Waals surface area contributed by atoms with E-state index in [4.69, 9.17) is 10.5 Å². The van der Waals surface area contributed by atoms with Crippen molar-refractivity contribution in [1.29, 1.82) is 0 Å². The number of nitrogens with one attached hydrogen (secondary N) is 1. The molecule has 6 nitrogen and oxygen atoms in total. The molecule has 0 saturated carbocycles. The number of carbonyl (C=O) groups excluding carboxylic acids is 2. The highest BCUT2D eigenvalue weighted by Crippen LogP contribution is 2.18. The summed E-state index contributed by atoms with van der Waals surface area (Å²) in [5, 5.41) is 2.87. The fraction of sp³-hybridized carbons (Fsp3) is 0.833. The van der Waals surface area contributed by atoms with Crippen molar-refractivity contribution in [3.63, 3.8) is 0 Å². The van der Waals surface area contributed by atoms with E-state index in [1.807, 2.05) is 13.8 Å². The molecule has 1 saturated heterocycles. The van der Waals surface area contributed by atoms with Crippen LogP contribution in [0.15, 0.2) is 0 Å². The molecule has 0 bridgehead atoms. The van der Waals surface area contributed by atoms with E-state index in [2.05, 4.69) is 5.32 Å². The van der Waals surface area contributed by atoms with Crippen LogP contribution in [0.3, 0.4) is 0 Å². The van der Waals surface area contributed by atoms with Gasteiger partial charge < -0.3 is 20.7 Å². The third kappa shape index (κ3) is 3.96. The van der Waals surface area contributed by atoms with E-state index in [9.17, 15) is 9.59 Å². The van der Waals surface area contributed by atoms with Gasteiger partial charge in [0.05, 0.1) is 12.5 Å². The summed E-state index contributed by atoms with van der Waals surface area (Å²) in [7, 11) is 1.59. The molecule has 18 heavy (non-hydrogen) atoms. The Bertz CT molecular complexity index is 318. The zero-order valence-electron chi connectivity index (χ0n) is 11.4. The van der Waals surface area contributed by atoms with Crippen molar-refractivity contribution in [2.45, 2.75) is 25.8 Å². The summed E-state index contributed by atoms with van der Waals surface area (Å²) in [5.41, 5.74) is 5.13. The molecule has 1 fully saturated rings. The predicted molar refractivity (Wildman–Crippen MR) is 67.8 cm³/mol. The van der Waals surface area contributed by atoms with Crippen molar-refractivity contribution < 1.29 is 14.3 Å². The minimum absolute atomic E-state index is 0.0118. The average molecular weight is 257 g/mol. The summed E-state index contributed by atoms with van der Waals surface area (Å²) in [6.45, 7) is 5.60. The van der Waals surface area contributed by atoms with E-state index in [0.29, 0.717) is 26.2 Å². The molecule has 0 radical (unpaired) electrons. The van der Waals surface area contributed by atoms with Crippen molar-refractivity contribution in [3.8, 4) is 0 Å². The Kier molecular flexibility index (Phi) is 5.10. The van der Waals surface area contributed by atoms with Crippen LogP contribution in [0.4, 0.5) is 0 Å². The van der Waals surface area contributed by atoms with E-state index in [1.165, 1.54) is 0 Å². The third-order valence-corrected chi connectivity index (χ3v) is 3.12. The average Bonchev–Trinajstić information content (AvgIpc) is 2.68. The molecule has 6 heteroatoms.